The minimum absolute atomic E-state index is 0.241. The first-order valence-corrected chi connectivity index (χ1v) is 7.47. The highest BCUT2D eigenvalue weighted by atomic mass is 15.3. The van der Waals surface area contributed by atoms with Crippen molar-refractivity contribution in [2.75, 3.05) is 0 Å². The molecule has 0 amide bonds. The van der Waals surface area contributed by atoms with Crippen LogP contribution in [0.15, 0.2) is 24.3 Å². The van der Waals surface area contributed by atoms with Crippen LogP contribution in [0.5, 0.6) is 0 Å². The van der Waals surface area contributed by atoms with Gasteiger partial charge in [0.2, 0.25) is 0 Å². The molecule has 1 aromatic heterocycles. The van der Waals surface area contributed by atoms with E-state index in [4.69, 9.17) is 5.73 Å². The van der Waals surface area contributed by atoms with Gasteiger partial charge in [0.1, 0.15) is 5.82 Å². The topological polar surface area (TPSA) is 56.7 Å². The molecule has 0 saturated carbocycles. The number of rotatable bonds is 6. The lowest BCUT2D eigenvalue weighted by molar-refractivity contribution is 0.646. The third kappa shape index (κ3) is 3.25. The minimum atomic E-state index is 0.241. The van der Waals surface area contributed by atoms with E-state index in [1.165, 1.54) is 5.56 Å². The molecule has 0 fully saturated rings. The number of aryl methyl sites for hydroxylation is 2. The van der Waals surface area contributed by atoms with Crippen LogP contribution in [-0.2, 0) is 19.3 Å². The molecule has 0 aliphatic heterocycles. The molecule has 0 aliphatic carbocycles. The molecule has 0 aliphatic rings. The molecule has 2 aromatic rings. The van der Waals surface area contributed by atoms with E-state index in [0.29, 0.717) is 0 Å². The summed E-state index contributed by atoms with van der Waals surface area (Å²) in [6.07, 6.45) is 3.68. The van der Waals surface area contributed by atoms with Crippen LogP contribution in [0.4, 0.5) is 0 Å². The van der Waals surface area contributed by atoms with E-state index in [0.717, 1.165) is 43.0 Å². The highest BCUT2D eigenvalue weighted by Crippen LogP contribution is 2.13. The Kier molecular flexibility index (Phi) is 4.90. The van der Waals surface area contributed by atoms with Gasteiger partial charge in [-0.2, -0.15) is 5.10 Å². The van der Waals surface area contributed by atoms with Gasteiger partial charge >= 0.3 is 0 Å². The van der Waals surface area contributed by atoms with Crippen LogP contribution in [0.1, 0.15) is 44.4 Å². The smallest absolute Gasteiger partial charge is 0.151 e. The van der Waals surface area contributed by atoms with Crippen molar-refractivity contribution in [1.29, 1.82) is 0 Å². The van der Waals surface area contributed by atoms with Crippen molar-refractivity contribution >= 4 is 0 Å². The largest absolute Gasteiger partial charge is 0.327 e. The third-order valence-corrected chi connectivity index (χ3v) is 3.55. The van der Waals surface area contributed by atoms with E-state index in [9.17, 15) is 0 Å². The monoisotopic (exact) mass is 272 g/mol. The zero-order valence-corrected chi connectivity index (χ0v) is 12.6. The zero-order chi connectivity index (χ0) is 14.5. The second-order valence-corrected chi connectivity index (χ2v) is 5.10. The number of hydrogen-bond acceptors (Lipinski definition) is 3. The van der Waals surface area contributed by atoms with Gasteiger partial charge in [-0.05, 0) is 30.5 Å². The van der Waals surface area contributed by atoms with Crippen molar-refractivity contribution in [1.82, 2.24) is 14.8 Å². The second-order valence-electron chi connectivity index (χ2n) is 5.10. The Hall–Kier alpha value is -1.68. The highest BCUT2D eigenvalue weighted by molar-refractivity contribution is 5.35. The van der Waals surface area contributed by atoms with Crippen molar-refractivity contribution in [2.45, 2.75) is 52.5 Å². The van der Waals surface area contributed by atoms with E-state index in [1.807, 2.05) is 4.68 Å². The fraction of sp³-hybridized carbons (Fsp3) is 0.500. The molecular weight excluding hydrogens is 248 g/mol. The van der Waals surface area contributed by atoms with Gasteiger partial charge in [0, 0.05) is 18.9 Å². The van der Waals surface area contributed by atoms with Crippen molar-refractivity contribution < 1.29 is 0 Å². The molecule has 0 saturated heterocycles. The SMILES string of the molecule is CCc1nc(CC)n(-c2ccc(CC(N)CC)cc2)n1. The zero-order valence-electron chi connectivity index (χ0n) is 12.6. The second kappa shape index (κ2) is 6.66. The summed E-state index contributed by atoms with van der Waals surface area (Å²) in [7, 11) is 0. The van der Waals surface area contributed by atoms with Crippen molar-refractivity contribution in [3.8, 4) is 5.69 Å². The van der Waals surface area contributed by atoms with E-state index in [1.54, 1.807) is 0 Å². The first kappa shape index (κ1) is 14.7. The molecule has 1 heterocycles. The van der Waals surface area contributed by atoms with Crippen LogP contribution in [0, 0.1) is 0 Å². The maximum atomic E-state index is 5.99. The summed E-state index contributed by atoms with van der Waals surface area (Å²) in [5, 5.41) is 4.56. The number of hydrogen-bond donors (Lipinski definition) is 1. The lowest BCUT2D eigenvalue weighted by atomic mass is 10.0. The summed E-state index contributed by atoms with van der Waals surface area (Å²) >= 11 is 0. The molecule has 108 valence electrons. The average Bonchev–Trinajstić information content (AvgIpc) is 2.91. The molecule has 2 N–H and O–H groups in total. The molecule has 1 unspecified atom stereocenters. The lowest BCUT2D eigenvalue weighted by Crippen LogP contribution is -2.21. The standard InChI is InChI=1S/C16H24N4/c1-4-13(17)11-12-7-9-14(10-8-12)20-16(6-3)18-15(5-2)19-20/h7-10,13H,4-6,11,17H2,1-3H3. The maximum absolute atomic E-state index is 5.99. The minimum Gasteiger partial charge on any atom is -0.327 e. The first-order valence-electron chi connectivity index (χ1n) is 7.47. The summed E-state index contributed by atoms with van der Waals surface area (Å²) < 4.78 is 1.95. The number of nitrogens with zero attached hydrogens (tertiary/aromatic N) is 3. The number of nitrogens with two attached hydrogens (primary N) is 1. The maximum Gasteiger partial charge on any atom is 0.151 e. The normalized spacial score (nSPS) is 12.6. The molecular formula is C16H24N4. The summed E-state index contributed by atoms with van der Waals surface area (Å²) in [5.41, 5.74) is 8.34. The Morgan fingerprint density at radius 1 is 1.10 bits per heavy atom. The molecule has 0 radical (unpaired) electrons. The summed E-state index contributed by atoms with van der Waals surface area (Å²) in [5.74, 6) is 1.92. The van der Waals surface area contributed by atoms with Gasteiger partial charge in [-0.25, -0.2) is 9.67 Å². The molecule has 4 nitrogen and oxygen atoms in total. The molecule has 2 rings (SSSR count). The Morgan fingerprint density at radius 2 is 1.80 bits per heavy atom. The van der Waals surface area contributed by atoms with Crippen LogP contribution < -0.4 is 5.73 Å². The fourth-order valence-electron chi connectivity index (χ4n) is 2.20. The molecule has 0 bridgehead atoms. The first-order chi connectivity index (χ1) is 9.67. The van der Waals surface area contributed by atoms with Crippen LogP contribution >= 0.6 is 0 Å². The van der Waals surface area contributed by atoms with E-state index in [2.05, 4.69) is 55.1 Å². The predicted molar refractivity (Wildman–Crippen MR) is 82.1 cm³/mol. The van der Waals surface area contributed by atoms with Crippen molar-refractivity contribution in [2.24, 2.45) is 5.73 Å². The average molecular weight is 272 g/mol. The molecule has 1 aromatic carbocycles. The quantitative estimate of drug-likeness (QED) is 0.879. The Morgan fingerprint density at radius 3 is 2.35 bits per heavy atom. The molecule has 4 heteroatoms. The Balaban J connectivity index is 2.23. The van der Waals surface area contributed by atoms with Gasteiger partial charge in [-0.3, -0.25) is 0 Å². The van der Waals surface area contributed by atoms with Gasteiger partial charge in [0.05, 0.1) is 5.69 Å². The molecule has 1 atom stereocenters. The van der Waals surface area contributed by atoms with Gasteiger partial charge in [-0.1, -0.05) is 32.9 Å². The summed E-state index contributed by atoms with van der Waals surface area (Å²) in [6, 6.07) is 8.72. The van der Waals surface area contributed by atoms with Gasteiger partial charge in [0.15, 0.2) is 5.82 Å². The van der Waals surface area contributed by atoms with Crippen LogP contribution in [-0.4, -0.2) is 20.8 Å². The van der Waals surface area contributed by atoms with E-state index >= 15 is 0 Å². The Labute approximate surface area is 121 Å². The lowest BCUT2D eigenvalue weighted by Gasteiger charge is -2.10. The molecule has 0 spiro atoms. The van der Waals surface area contributed by atoms with Crippen molar-refractivity contribution in [3.63, 3.8) is 0 Å². The van der Waals surface area contributed by atoms with Gasteiger partial charge < -0.3 is 5.73 Å². The number of benzene rings is 1. The van der Waals surface area contributed by atoms with Gasteiger partial charge in [-0.15, -0.1) is 0 Å². The van der Waals surface area contributed by atoms with E-state index < -0.39 is 0 Å². The van der Waals surface area contributed by atoms with Gasteiger partial charge in [0.25, 0.3) is 0 Å². The highest BCUT2D eigenvalue weighted by Gasteiger charge is 2.09. The summed E-state index contributed by atoms with van der Waals surface area (Å²) in [4.78, 5) is 4.54. The predicted octanol–water partition coefficient (Wildman–Crippen LogP) is 2.67. The third-order valence-electron chi connectivity index (χ3n) is 3.55. The van der Waals surface area contributed by atoms with Crippen molar-refractivity contribution in [3.05, 3.63) is 41.5 Å². The fourth-order valence-corrected chi connectivity index (χ4v) is 2.20. The van der Waals surface area contributed by atoms with Crippen LogP contribution in [0.2, 0.25) is 0 Å². The molecule has 20 heavy (non-hydrogen) atoms. The number of aromatic nitrogens is 3. The van der Waals surface area contributed by atoms with E-state index in [-0.39, 0.29) is 6.04 Å². The van der Waals surface area contributed by atoms with Crippen LogP contribution in [0.25, 0.3) is 5.69 Å². The van der Waals surface area contributed by atoms with Crippen LogP contribution in [0.3, 0.4) is 0 Å². The Bertz CT molecular complexity index is 542. The summed E-state index contributed by atoms with van der Waals surface area (Å²) in [6.45, 7) is 6.30.